The van der Waals surface area contributed by atoms with Gasteiger partial charge < -0.3 is 10.6 Å². The third-order valence-electron chi connectivity index (χ3n) is 4.48. The van der Waals surface area contributed by atoms with E-state index >= 15 is 0 Å². The SMILES string of the molecule is CCCCCCCCCCCC(=O)NCC[C@H]1CCCN1. The third-order valence-corrected chi connectivity index (χ3v) is 4.48. The van der Waals surface area contributed by atoms with Gasteiger partial charge in [0.1, 0.15) is 0 Å². The van der Waals surface area contributed by atoms with E-state index in [2.05, 4.69) is 17.6 Å². The molecule has 1 rings (SSSR count). The summed E-state index contributed by atoms with van der Waals surface area (Å²) in [6.07, 6.45) is 16.2. The molecule has 1 aliphatic rings. The van der Waals surface area contributed by atoms with E-state index in [1.807, 2.05) is 0 Å². The van der Waals surface area contributed by atoms with Crippen LogP contribution >= 0.6 is 0 Å². The topological polar surface area (TPSA) is 41.1 Å². The minimum absolute atomic E-state index is 0.246. The van der Waals surface area contributed by atoms with Crippen molar-refractivity contribution < 1.29 is 4.79 Å². The van der Waals surface area contributed by atoms with Crippen LogP contribution in [0.25, 0.3) is 0 Å². The molecule has 1 atom stereocenters. The maximum Gasteiger partial charge on any atom is 0.219 e. The van der Waals surface area contributed by atoms with Crippen LogP contribution in [0.15, 0.2) is 0 Å². The Balaban J connectivity index is 1.78. The molecule has 1 fully saturated rings. The van der Waals surface area contributed by atoms with Crippen LogP contribution in [0, 0.1) is 0 Å². The molecule has 0 spiro atoms. The normalized spacial score (nSPS) is 18.0. The summed E-state index contributed by atoms with van der Waals surface area (Å²) in [4.78, 5) is 11.7. The van der Waals surface area contributed by atoms with E-state index in [0.717, 1.165) is 25.9 Å². The van der Waals surface area contributed by atoms with Crippen molar-refractivity contribution in [1.29, 1.82) is 0 Å². The van der Waals surface area contributed by atoms with Gasteiger partial charge in [0.15, 0.2) is 0 Å². The number of hydrogen-bond acceptors (Lipinski definition) is 2. The highest BCUT2D eigenvalue weighted by Crippen LogP contribution is 2.10. The molecule has 0 radical (unpaired) electrons. The Morgan fingerprint density at radius 1 is 1.05 bits per heavy atom. The molecule has 0 aromatic rings. The first kappa shape index (κ1) is 18.5. The van der Waals surface area contributed by atoms with Gasteiger partial charge in [-0.2, -0.15) is 0 Å². The number of unbranched alkanes of at least 4 members (excludes halogenated alkanes) is 8. The Morgan fingerprint density at radius 2 is 1.71 bits per heavy atom. The van der Waals surface area contributed by atoms with Crippen LogP contribution < -0.4 is 10.6 Å². The summed E-state index contributed by atoms with van der Waals surface area (Å²) in [7, 11) is 0. The van der Waals surface area contributed by atoms with Gasteiger partial charge in [0.05, 0.1) is 0 Å². The molecular formula is C18H36N2O. The lowest BCUT2D eigenvalue weighted by Crippen LogP contribution is -2.30. The van der Waals surface area contributed by atoms with Gasteiger partial charge in [-0.3, -0.25) is 4.79 Å². The van der Waals surface area contributed by atoms with Gasteiger partial charge in [-0.1, -0.05) is 58.3 Å². The fourth-order valence-corrected chi connectivity index (χ4v) is 3.07. The molecule has 3 nitrogen and oxygen atoms in total. The van der Waals surface area contributed by atoms with Gasteiger partial charge >= 0.3 is 0 Å². The van der Waals surface area contributed by atoms with Crippen LogP contribution in [0.2, 0.25) is 0 Å². The summed E-state index contributed by atoms with van der Waals surface area (Å²) in [5.74, 6) is 0.246. The fraction of sp³-hybridized carbons (Fsp3) is 0.944. The standard InChI is InChI=1S/C18H36N2O/c1-2-3-4-5-6-7-8-9-10-13-18(21)20-16-14-17-12-11-15-19-17/h17,19H,2-16H2,1H3,(H,20,21)/t17-/m1/s1. The highest BCUT2D eigenvalue weighted by molar-refractivity contribution is 5.75. The average molecular weight is 296 g/mol. The van der Waals surface area contributed by atoms with Gasteiger partial charge in [-0.25, -0.2) is 0 Å². The molecule has 0 unspecified atom stereocenters. The highest BCUT2D eigenvalue weighted by Gasteiger charge is 2.13. The summed E-state index contributed by atoms with van der Waals surface area (Å²) in [6, 6.07) is 0.637. The van der Waals surface area contributed by atoms with Crippen LogP contribution in [0.1, 0.15) is 90.4 Å². The second-order valence-electron chi connectivity index (χ2n) is 6.51. The lowest BCUT2D eigenvalue weighted by Gasteiger charge is -2.10. The van der Waals surface area contributed by atoms with Crippen molar-refractivity contribution in [2.75, 3.05) is 13.1 Å². The summed E-state index contributed by atoms with van der Waals surface area (Å²) >= 11 is 0. The molecule has 1 amide bonds. The number of nitrogens with one attached hydrogen (secondary N) is 2. The van der Waals surface area contributed by atoms with Gasteiger partial charge in [0, 0.05) is 19.0 Å². The molecule has 124 valence electrons. The Morgan fingerprint density at radius 3 is 2.33 bits per heavy atom. The number of amides is 1. The zero-order chi connectivity index (χ0) is 15.2. The van der Waals surface area contributed by atoms with Crippen LogP contribution in [-0.2, 0) is 4.79 Å². The minimum Gasteiger partial charge on any atom is -0.356 e. The third kappa shape index (κ3) is 10.8. The average Bonchev–Trinajstić information content (AvgIpc) is 2.99. The van der Waals surface area contributed by atoms with Crippen molar-refractivity contribution in [1.82, 2.24) is 10.6 Å². The van der Waals surface area contributed by atoms with Crippen LogP contribution in [0.4, 0.5) is 0 Å². The molecule has 1 aliphatic heterocycles. The molecule has 0 aromatic heterocycles. The Kier molecular flexibility index (Phi) is 11.5. The van der Waals surface area contributed by atoms with Crippen molar-refractivity contribution in [3.63, 3.8) is 0 Å². The van der Waals surface area contributed by atoms with Crippen molar-refractivity contribution in [2.24, 2.45) is 0 Å². The second-order valence-corrected chi connectivity index (χ2v) is 6.51. The van der Waals surface area contributed by atoms with Crippen molar-refractivity contribution in [3.8, 4) is 0 Å². The summed E-state index contributed by atoms with van der Waals surface area (Å²) in [6.45, 7) is 4.25. The molecular weight excluding hydrogens is 260 g/mol. The summed E-state index contributed by atoms with van der Waals surface area (Å²) in [5, 5.41) is 6.52. The molecule has 21 heavy (non-hydrogen) atoms. The van der Waals surface area contributed by atoms with E-state index < -0.39 is 0 Å². The zero-order valence-electron chi connectivity index (χ0n) is 14.1. The summed E-state index contributed by atoms with van der Waals surface area (Å²) in [5.41, 5.74) is 0. The second kappa shape index (κ2) is 13.1. The lowest BCUT2D eigenvalue weighted by molar-refractivity contribution is -0.121. The molecule has 3 heteroatoms. The Labute approximate surface area is 131 Å². The molecule has 1 heterocycles. The van der Waals surface area contributed by atoms with E-state index in [4.69, 9.17) is 0 Å². The number of hydrogen-bond donors (Lipinski definition) is 2. The predicted octanol–water partition coefficient (Wildman–Crippen LogP) is 4.17. The first-order chi connectivity index (χ1) is 10.3. The first-order valence-corrected chi connectivity index (χ1v) is 9.33. The quantitative estimate of drug-likeness (QED) is 0.501. The lowest BCUT2D eigenvalue weighted by atomic mass is 10.1. The number of carbonyl (C=O) groups excluding carboxylic acids is 1. The van der Waals surface area contributed by atoms with E-state index in [1.54, 1.807) is 0 Å². The monoisotopic (exact) mass is 296 g/mol. The van der Waals surface area contributed by atoms with Gasteiger partial charge in [-0.05, 0) is 32.2 Å². The van der Waals surface area contributed by atoms with Crippen LogP contribution in [0.3, 0.4) is 0 Å². The largest absolute Gasteiger partial charge is 0.356 e. The predicted molar refractivity (Wildman–Crippen MR) is 90.5 cm³/mol. The summed E-state index contributed by atoms with van der Waals surface area (Å²) < 4.78 is 0. The van der Waals surface area contributed by atoms with Gasteiger partial charge in [0.2, 0.25) is 5.91 Å². The van der Waals surface area contributed by atoms with Crippen molar-refractivity contribution in [3.05, 3.63) is 0 Å². The number of rotatable bonds is 13. The van der Waals surface area contributed by atoms with Crippen LogP contribution in [0.5, 0.6) is 0 Å². The van der Waals surface area contributed by atoms with E-state index in [9.17, 15) is 4.79 Å². The van der Waals surface area contributed by atoms with Crippen LogP contribution in [-0.4, -0.2) is 25.0 Å². The number of carbonyl (C=O) groups is 1. The molecule has 0 aliphatic carbocycles. The molecule has 0 saturated carbocycles. The van der Waals surface area contributed by atoms with Crippen molar-refractivity contribution >= 4 is 5.91 Å². The molecule has 2 N–H and O–H groups in total. The zero-order valence-corrected chi connectivity index (χ0v) is 14.1. The maximum atomic E-state index is 11.7. The molecule has 0 aromatic carbocycles. The van der Waals surface area contributed by atoms with E-state index in [0.29, 0.717) is 12.5 Å². The van der Waals surface area contributed by atoms with Crippen molar-refractivity contribution in [2.45, 2.75) is 96.4 Å². The smallest absolute Gasteiger partial charge is 0.219 e. The Hall–Kier alpha value is -0.570. The Bertz CT molecular complexity index is 250. The van der Waals surface area contributed by atoms with E-state index in [1.165, 1.54) is 64.2 Å². The maximum absolute atomic E-state index is 11.7. The van der Waals surface area contributed by atoms with Gasteiger partial charge in [0.25, 0.3) is 0 Å². The fourth-order valence-electron chi connectivity index (χ4n) is 3.07. The highest BCUT2D eigenvalue weighted by atomic mass is 16.1. The van der Waals surface area contributed by atoms with E-state index in [-0.39, 0.29) is 5.91 Å². The van der Waals surface area contributed by atoms with Gasteiger partial charge in [-0.15, -0.1) is 0 Å². The first-order valence-electron chi connectivity index (χ1n) is 9.33. The molecule has 0 bridgehead atoms. The minimum atomic E-state index is 0.246. The molecule has 1 saturated heterocycles.